The van der Waals surface area contributed by atoms with Crippen molar-refractivity contribution in [3.8, 4) is 11.3 Å². The molecule has 0 saturated heterocycles. The topological polar surface area (TPSA) is 56.5 Å². The highest BCUT2D eigenvalue weighted by molar-refractivity contribution is 7.99. The van der Waals surface area contributed by atoms with E-state index in [1.165, 1.54) is 18.8 Å². The highest BCUT2D eigenvalue weighted by Crippen LogP contribution is 2.37. The van der Waals surface area contributed by atoms with Gasteiger partial charge in [0.05, 0.1) is 10.6 Å². The van der Waals surface area contributed by atoms with Crippen LogP contribution < -0.4 is 0 Å². The van der Waals surface area contributed by atoms with Crippen molar-refractivity contribution in [3.63, 3.8) is 0 Å². The summed E-state index contributed by atoms with van der Waals surface area (Å²) in [7, 11) is 1.28. The van der Waals surface area contributed by atoms with Crippen LogP contribution in [-0.4, -0.2) is 24.7 Å². The van der Waals surface area contributed by atoms with Crippen LogP contribution in [0.2, 0.25) is 5.02 Å². The van der Waals surface area contributed by atoms with Gasteiger partial charge in [0, 0.05) is 29.6 Å². The van der Waals surface area contributed by atoms with E-state index in [4.69, 9.17) is 11.6 Å². The Kier molecular flexibility index (Phi) is 6.73. The molecule has 4 aromatic rings. The van der Waals surface area contributed by atoms with Crippen LogP contribution in [-0.2, 0) is 19.0 Å². The fourth-order valence-corrected chi connectivity index (χ4v) is 4.54. The maximum atomic E-state index is 13.1. The number of hydrogen-bond acceptors (Lipinski definition) is 6. The van der Waals surface area contributed by atoms with Crippen LogP contribution in [0.15, 0.2) is 76.0 Å². The molecule has 0 bridgehead atoms. The Bertz CT molecular complexity index is 1210. The van der Waals surface area contributed by atoms with Gasteiger partial charge in [-0.15, -0.1) is 10.2 Å². The molecule has 5 nitrogen and oxygen atoms in total. The first-order chi connectivity index (χ1) is 15.3. The molecule has 2 aromatic carbocycles. The molecular formula is C21H15ClF3N5S2. The van der Waals surface area contributed by atoms with Gasteiger partial charge in [-0.05, 0) is 29.5 Å². The van der Waals surface area contributed by atoms with E-state index in [1.54, 1.807) is 6.20 Å². The highest BCUT2D eigenvalue weighted by Gasteiger charge is 2.37. The molecule has 0 radical (unpaired) electrons. The number of alkyl halides is 3. The fraction of sp³-hybridized carbons (Fsp3) is 0.143. The fourth-order valence-electron chi connectivity index (χ4n) is 2.78. The first-order valence-electron chi connectivity index (χ1n) is 9.25. The predicted molar refractivity (Wildman–Crippen MR) is 119 cm³/mol. The van der Waals surface area contributed by atoms with E-state index in [2.05, 4.69) is 20.2 Å². The van der Waals surface area contributed by atoms with Crippen LogP contribution in [0.4, 0.5) is 13.2 Å². The second kappa shape index (κ2) is 9.51. The zero-order valence-corrected chi connectivity index (χ0v) is 18.9. The van der Waals surface area contributed by atoms with Crippen LogP contribution >= 0.6 is 35.1 Å². The Morgan fingerprint density at radius 2 is 1.72 bits per heavy atom. The number of thioether (sulfide) groups is 1. The molecule has 0 unspecified atom stereocenters. The average Bonchev–Trinajstić information content (AvgIpc) is 3.15. The molecular weight excluding hydrogens is 479 g/mol. The van der Waals surface area contributed by atoms with Crippen LogP contribution in [0.3, 0.4) is 0 Å². The summed E-state index contributed by atoms with van der Waals surface area (Å²) in [6.45, 7) is 0. The molecule has 2 heterocycles. The molecule has 0 aliphatic heterocycles. The third-order valence-electron chi connectivity index (χ3n) is 4.35. The molecule has 2 aromatic heterocycles. The Morgan fingerprint density at radius 3 is 2.38 bits per heavy atom. The number of rotatable bonds is 6. The molecule has 0 fully saturated rings. The summed E-state index contributed by atoms with van der Waals surface area (Å²) >= 11 is 8.43. The quantitative estimate of drug-likeness (QED) is 0.229. The Morgan fingerprint density at radius 1 is 1.00 bits per heavy atom. The summed E-state index contributed by atoms with van der Waals surface area (Å²) < 4.78 is 40.2. The van der Waals surface area contributed by atoms with E-state index >= 15 is 0 Å². The number of halogens is 4. The molecule has 0 aliphatic carbocycles. The number of nitrogens with zero attached hydrogens (tertiary/aromatic N) is 5. The van der Waals surface area contributed by atoms with Gasteiger partial charge in [0.15, 0.2) is 10.3 Å². The summed E-state index contributed by atoms with van der Waals surface area (Å²) in [5, 5.41) is 8.30. The van der Waals surface area contributed by atoms with Gasteiger partial charge < -0.3 is 4.57 Å². The molecule has 0 spiro atoms. The van der Waals surface area contributed by atoms with Gasteiger partial charge >= 0.3 is 6.18 Å². The van der Waals surface area contributed by atoms with Crippen LogP contribution in [0, 0.1) is 0 Å². The lowest BCUT2D eigenvalue weighted by Gasteiger charge is -2.10. The standard InChI is InChI=1S/C21H15ClF3N5S2/c1-30-18(21(23,24)25)28-29-20(30)32-16-11-26-19(27-17(16)14-5-3-2-4-6-14)31-12-13-7-9-15(22)10-8-13/h2-11H,12H2,1H3. The second-order valence-corrected chi connectivity index (χ2v) is 9.00. The van der Waals surface area contributed by atoms with Gasteiger partial charge in [-0.25, -0.2) is 9.97 Å². The van der Waals surface area contributed by atoms with E-state index in [9.17, 15) is 13.2 Å². The molecule has 0 amide bonds. The lowest BCUT2D eigenvalue weighted by atomic mass is 10.1. The maximum Gasteiger partial charge on any atom is 0.451 e. The molecule has 164 valence electrons. The third-order valence-corrected chi connectivity index (χ3v) is 6.59. The molecule has 32 heavy (non-hydrogen) atoms. The minimum Gasteiger partial charge on any atom is -0.301 e. The number of hydrogen-bond donors (Lipinski definition) is 0. The molecule has 0 aliphatic rings. The molecule has 4 rings (SSSR count). The average molecular weight is 494 g/mol. The normalized spacial score (nSPS) is 11.7. The summed E-state index contributed by atoms with van der Waals surface area (Å²) in [5.41, 5.74) is 2.51. The minimum absolute atomic E-state index is 0.0969. The summed E-state index contributed by atoms with van der Waals surface area (Å²) in [6, 6.07) is 16.9. The predicted octanol–water partition coefficient (Wildman–Crippen LogP) is 6.39. The van der Waals surface area contributed by atoms with Crippen molar-refractivity contribution < 1.29 is 13.2 Å². The van der Waals surface area contributed by atoms with Crippen molar-refractivity contribution >= 4 is 35.1 Å². The van der Waals surface area contributed by atoms with E-state index < -0.39 is 12.0 Å². The van der Waals surface area contributed by atoms with Crippen molar-refractivity contribution in [2.45, 2.75) is 27.1 Å². The van der Waals surface area contributed by atoms with E-state index in [1.807, 2.05) is 54.6 Å². The van der Waals surface area contributed by atoms with Crippen molar-refractivity contribution in [2.75, 3.05) is 0 Å². The second-order valence-electron chi connectivity index (χ2n) is 6.61. The van der Waals surface area contributed by atoms with Crippen LogP contribution in [0.25, 0.3) is 11.3 Å². The third kappa shape index (κ3) is 5.25. The van der Waals surface area contributed by atoms with Gasteiger partial charge in [0.1, 0.15) is 0 Å². The van der Waals surface area contributed by atoms with Gasteiger partial charge in [0.25, 0.3) is 0 Å². The molecule has 0 N–H and O–H groups in total. The largest absolute Gasteiger partial charge is 0.451 e. The van der Waals surface area contributed by atoms with Crippen molar-refractivity contribution in [3.05, 3.63) is 77.2 Å². The summed E-state index contributed by atoms with van der Waals surface area (Å²) in [4.78, 5) is 9.67. The number of aromatic nitrogens is 5. The number of benzene rings is 2. The Hall–Kier alpha value is -2.56. The molecule has 11 heteroatoms. The van der Waals surface area contributed by atoms with Gasteiger partial charge in [-0.2, -0.15) is 13.2 Å². The molecule has 0 atom stereocenters. The van der Waals surface area contributed by atoms with Crippen molar-refractivity contribution in [2.24, 2.45) is 7.05 Å². The monoisotopic (exact) mass is 493 g/mol. The van der Waals surface area contributed by atoms with E-state index in [0.29, 0.717) is 26.5 Å². The van der Waals surface area contributed by atoms with Crippen molar-refractivity contribution in [1.82, 2.24) is 24.7 Å². The molecule has 0 saturated carbocycles. The Balaban J connectivity index is 1.63. The minimum atomic E-state index is -4.58. The zero-order chi connectivity index (χ0) is 22.7. The van der Waals surface area contributed by atoms with Gasteiger partial charge in [0.2, 0.25) is 5.82 Å². The van der Waals surface area contributed by atoms with Crippen molar-refractivity contribution in [1.29, 1.82) is 0 Å². The first-order valence-corrected chi connectivity index (χ1v) is 11.4. The Labute approximate surface area is 195 Å². The SMILES string of the molecule is Cn1c(Sc2cnc(SCc3ccc(Cl)cc3)nc2-c2ccccc2)nnc1C(F)(F)F. The lowest BCUT2D eigenvalue weighted by molar-refractivity contribution is -0.147. The maximum absolute atomic E-state index is 13.1. The lowest BCUT2D eigenvalue weighted by Crippen LogP contribution is -2.12. The van der Waals surface area contributed by atoms with Gasteiger partial charge in [-0.1, -0.05) is 65.8 Å². The zero-order valence-electron chi connectivity index (χ0n) is 16.5. The van der Waals surface area contributed by atoms with E-state index in [-0.39, 0.29) is 5.16 Å². The first kappa shape index (κ1) is 22.6. The van der Waals surface area contributed by atoms with Crippen LogP contribution in [0.5, 0.6) is 0 Å². The summed E-state index contributed by atoms with van der Waals surface area (Å²) in [5.74, 6) is -0.409. The van der Waals surface area contributed by atoms with Gasteiger partial charge in [-0.3, -0.25) is 0 Å². The van der Waals surface area contributed by atoms with Crippen LogP contribution in [0.1, 0.15) is 11.4 Å². The van der Waals surface area contributed by atoms with E-state index in [0.717, 1.165) is 27.5 Å². The highest BCUT2D eigenvalue weighted by atomic mass is 35.5. The smallest absolute Gasteiger partial charge is 0.301 e. The summed E-state index contributed by atoms with van der Waals surface area (Å²) in [6.07, 6.45) is -2.98.